The first-order valence-electron chi connectivity index (χ1n) is 7.81. The van der Waals surface area contributed by atoms with Crippen molar-refractivity contribution < 1.29 is 4.74 Å². The molecule has 0 bridgehead atoms. The van der Waals surface area contributed by atoms with E-state index >= 15 is 0 Å². The molecule has 0 fully saturated rings. The fourth-order valence-corrected chi connectivity index (χ4v) is 1.97. The van der Waals surface area contributed by atoms with Crippen molar-refractivity contribution in [2.45, 2.75) is 53.7 Å². The predicted molar refractivity (Wildman–Crippen MR) is 84.5 cm³/mol. The van der Waals surface area contributed by atoms with Gasteiger partial charge in [-0.2, -0.15) is 0 Å². The summed E-state index contributed by atoms with van der Waals surface area (Å²) >= 11 is 0. The van der Waals surface area contributed by atoms with E-state index in [0.717, 1.165) is 43.4 Å². The summed E-state index contributed by atoms with van der Waals surface area (Å²) in [5, 5.41) is 3.41. The van der Waals surface area contributed by atoms with Crippen molar-refractivity contribution in [3.8, 4) is 0 Å². The van der Waals surface area contributed by atoms with Gasteiger partial charge in [0.05, 0.1) is 18.0 Å². The monoisotopic (exact) mass is 278 g/mol. The number of ether oxygens (including phenoxy) is 1. The number of pyridine rings is 1. The van der Waals surface area contributed by atoms with E-state index in [4.69, 9.17) is 4.74 Å². The Labute approximate surface area is 124 Å². The van der Waals surface area contributed by atoms with E-state index in [-0.39, 0.29) is 0 Å². The predicted octanol–water partition coefficient (Wildman–Crippen LogP) is 3.78. The fourth-order valence-electron chi connectivity index (χ4n) is 1.97. The fraction of sp³-hybridized carbons (Fsp3) is 0.706. The van der Waals surface area contributed by atoms with E-state index in [9.17, 15) is 0 Å². The molecule has 1 aromatic rings. The third-order valence-corrected chi connectivity index (χ3v) is 3.04. The Hall–Kier alpha value is -0.930. The molecule has 0 aliphatic rings. The molecular formula is C17H30N2O. The summed E-state index contributed by atoms with van der Waals surface area (Å²) in [6, 6.07) is 6.16. The average molecular weight is 278 g/mol. The molecule has 0 aromatic carbocycles. The van der Waals surface area contributed by atoms with Gasteiger partial charge in [0, 0.05) is 13.2 Å². The van der Waals surface area contributed by atoms with Gasteiger partial charge in [-0.25, -0.2) is 0 Å². The van der Waals surface area contributed by atoms with Gasteiger partial charge in [0.15, 0.2) is 0 Å². The Morgan fingerprint density at radius 2 is 1.85 bits per heavy atom. The second kappa shape index (κ2) is 9.89. The molecule has 0 atom stereocenters. The molecule has 20 heavy (non-hydrogen) atoms. The average Bonchev–Trinajstić information content (AvgIpc) is 2.38. The zero-order valence-corrected chi connectivity index (χ0v) is 13.5. The van der Waals surface area contributed by atoms with Gasteiger partial charge in [-0.3, -0.25) is 4.98 Å². The zero-order chi connectivity index (χ0) is 14.8. The molecule has 0 saturated carbocycles. The van der Waals surface area contributed by atoms with Crippen molar-refractivity contribution >= 4 is 0 Å². The van der Waals surface area contributed by atoms with Crippen molar-refractivity contribution in [1.29, 1.82) is 0 Å². The Kier molecular flexibility index (Phi) is 8.47. The van der Waals surface area contributed by atoms with Crippen LogP contribution in [-0.4, -0.2) is 18.1 Å². The Morgan fingerprint density at radius 3 is 2.55 bits per heavy atom. The van der Waals surface area contributed by atoms with E-state index in [2.05, 4.69) is 50.1 Å². The molecule has 3 nitrogen and oxygen atoms in total. The lowest BCUT2D eigenvalue weighted by atomic mass is 10.1. The van der Waals surface area contributed by atoms with Crippen molar-refractivity contribution in [3.63, 3.8) is 0 Å². The molecule has 0 saturated heterocycles. The molecule has 0 amide bonds. The molecule has 0 aliphatic heterocycles. The van der Waals surface area contributed by atoms with E-state index in [1.54, 1.807) is 0 Å². The SMILES string of the molecule is CC(C)CCCOCc1cccc(CNCC(C)C)n1. The minimum Gasteiger partial charge on any atom is -0.375 e. The standard InChI is InChI=1S/C17H30N2O/c1-14(2)7-6-10-20-13-17-9-5-8-16(19-17)12-18-11-15(3)4/h5,8-9,14-15,18H,6-7,10-13H2,1-4H3. The third kappa shape index (κ3) is 8.28. The van der Waals surface area contributed by atoms with Crippen LogP contribution < -0.4 is 5.32 Å². The summed E-state index contributed by atoms with van der Waals surface area (Å²) in [7, 11) is 0. The summed E-state index contributed by atoms with van der Waals surface area (Å²) in [6.45, 7) is 12.2. The second-order valence-corrected chi connectivity index (χ2v) is 6.23. The van der Waals surface area contributed by atoms with Crippen LogP contribution in [0.4, 0.5) is 0 Å². The number of hydrogen-bond donors (Lipinski definition) is 1. The van der Waals surface area contributed by atoms with Crippen LogP contribution in [0.25, 0.3) is 0 Å². The molecule has 0 aliphatic carbocycles. The number of hydrogen-bond acceptors (Lipinski definition) is 3. The lowest BCUT2D eigenvalue weighted by Gasteiger charge is -2.09. The molecule has 1 N–H and O–H groups in total. The van der Waals surface area contributed by atoms with Crippen molar-refractivity contribution in [2.75, 3.05) is 13.2 Å². The van der Waals surface area contributed by atoms with Crippen LogP contribution >= 0.6 is 0 Å². The molecule has 0 radical (unpaired) electrons. The van der Waals surface area contributed by atoms with Crippen LogP contribution in [0.15, 0.2) is 18.2 Å². The summed E-state index contributed by atoms with van der Waals surface area (Å²) in [5.74, 6) is 1.43. The molecule has 1 heterocycles. The molecule has 1 rings (SSSR count). The highest BCUT2D eigenvalue weighted by Gasteiger charge is 2.00. The molecule has 114 valence electrons. The maximum atomic E-state index is 5.68. The lowest BCUT2D eigenvalue weighted by Crippen LogP contribution is -2.19. The Balaban J connectivity index is 2.25. The van der Waals surface area contributed by atoms with Crippen LogP contribution in [0.1, 0.15) is 51.9 Å². The van der Waals surface area contributed by atoms with E-state index in [1.165, 1.54) is 6.42 Å². The smallest absolute Gasteiger partial charge is 0.0887 e. The van der Waals surface area contributed by atoms with Gasteiger partial charge in [0.25, 0.3) is 0 Å². The van der Waals surface area contributed by atoms with E-state index in [1.807, 2.05) is 6.07 Å². The highest BCUT2D eigenvalue weighted by molar-refractivity contribution is 5.10. The third-order valence-electron chi connectivity index (χ3n) is 3.04. The second-order valence-electron chi connectivity index (χ2n) is 6.23. The maximum Gasteiger partial charge on any atom is 0.0887 e. The van der Waals surface area contributed by atoms with E-state index in [0.29, 0.717) is 12.5 Å². The number of rotatable bonds is 10. The highest BCUT2D eigenvalue weighted by Crippen LogP contribution is 2.05. The summed E-state index contributed by atoms with van der Waals surface area (Å²) < 4.78 is 5.68. The van der Waals surface area contributed by atoms with Crippen molar-refractivity contribution in [3.05, 3.63) is 29.6 Å². The number of nitrogens with zero attached hydrogens (tertiary/aromatic N) is 1. The normalized spacial score (nSPS) is 11.5. The molecule has 3 heteroatoms. The van der Waals surface area contributed by atoms with Gasteiger partial charge < -0.3 is 10.1 Å². The van der Waals surface area contributed by atoms with Crippen LogP contribution in [0.2, 0.25) is 0 Å². The first kappa shape index (κ1) is 17.1. The first-order chi connectivity index (χ1) is 9.58. The van der Waals surface area contributed by atoms with Crippen LogP contribution in [-0.2, 0) is 17.9 Å². The zero-order valence-electron chi connectivity index (χ0n) is 13.5. The van der Waals surface area contributed by atoms with Gasteiger partial charge in [-0.15, -0.1) is 0 Å². The number of nitrogens with one attached hydrogen (secondary N) is 1. The highest BCUT2D eigenvalue weighted by atomic mass is 16.5. The van der Waals surface area contributed by atoms with Crippen LogP contribution in [0, 0.1) is 11.8 Å². The quantitative estimate of drug-likeness (QED) is 0.661. The van der Waals surface area contributed by atoms with Gasteiger partial charge in [-0.1, -0.05) is 33.8 Å². The molecule has 1 aromatic heterocycles. The minimum atomic E-state index is 0.621. The Bertz CT molecular complexity index is 364. The Morgan fingerprint density at radius 1 is 1.10 bits per heavy atom. The van der Waals surface area contributed by atoms with Crippen LogP contribution in [0.5, 0.6) is 0 Å². The number of aromatic nitrogens is 1. The summed E-state index contributed by atoms with van der Waals surface area (Å²) in [4.78, 5) is 4.61. The molecule has 0 spiro atoms. The summed E-state index contributed by atoms with van der Waals surface area (Å²) in [6.07, 6.45) is 2.36. The van der Waals surface area contributed by atoms with Gasteiger partial charge in [0.2, 0.25) is 0 Å². The summed E-state index contributed by atoms with van der Waals surface area (Å²) in [5.41, 5.74) is 2.12. The van der Waals surface area contributed by atoms with E-state index < -0.39 is 0 Å². The maximum absolute atomic E-state index is 5.68. The van der Waals surface area contributed by atoms with Crippen LogP contribution in [0.3, 0.4) is 0 Å². The lowest BCUT2D eigenvalue weighted by molar-refractivity contribution is 0.112. The minimum absolute atomic E-state index is 0.621. The molecular weight excluding hydrogens is 248 g/mol. The largest absolute Gasteiger partial charge is 0.375 e. The molecule has 0 unspecified atom stereocenters. The van der Waals surface area contributed by atoms with Gasteiger partial charge >= 0.3 is 0 Å². The van der Waals surface area contributed by atoms with Crippen molar-refractivity contribution in [2.24, 2.45) is 11.8 Å². The van der Waals surface area contributed by atoms with Gasteiger partial charge in [0.1, 0.15) is 0 Å². The topological polar surface area (TPSA) is 34.1 Å². The van der Waals surface area contributed by atoms with Crippen molar-refractivity contribution in [1.82, 2.24) is 10.3 Å². The van der Waals surface area contributed by atoms with Gasteiger partial charge in [-0.05, 0) is 43.4 Å². The first-order valence-corrected chi connectivity index (χ1v) is 7.81.